The van der Waals surface area contributed by atoms with Crippen LogP contribution in [0.4, 0.5) is 0 Å². The standard InChI is InChI=1S/C57H110O6/c1-6-8-9-10-11-12-13-14-22-25-28-31-37-42-47-55(58)61-50-54(63-57(60)49-44-39-34-33-36-41-46-53(5)7-2)51-62-56(59)48-43-38-32-29-26-23-20-18-16-15-17-19-21-24-27-30-35-40-45-52(3)4/h52-54H,6-51H2,1-5H3/t53?,54-/m0/s1. The zero-order chi connectivity index (χ0) is 46.1. The lowest BCUT2D eigenvalue weighted by Crippen LogP contribution is -2.30. The Balaban J connectivity index is 4.19. The second kappa shape index (κ2) is 49.8. The molecule has 0 heterocycles. The zero-order valence-corrected chi connectivity index (χ0v) is 43.2. The molecule has 0 aliphatic carbocycles. The first-order valence-corrected chi connectivity index (χ1v) is 28.3. The third-order valence-electron chi connectivity index (χ3n) is 13.3. The highest BCUT2D eigenvalue weighted by Crippen LogP contribution is 2.18. The SMILES string of the molecule is CCCCCCCCCCCCCCCCC(=O)OC[C@@H](COC(=O)CCCCCCCCCCCCCCCCCCCCC(C)C)OC(=O)CCCCCCCCC(C)CC. The molecule has 0 saturated heterocycles. The van der Waals surface area contributed by atoms with Crippen LogP contribution in [0.1, 0.15) is 317 Å². The Morgan fingerprint density at radius 2 is 0.603 bits per heavy atom. The summed E-state index contributed by atoms with van der Waals surface area (Å²) in [5.41, 5.74) is 0. The Hall–Kier alpha value is -1.59. The molecule has 0 N–H and O–H groups in total. The summed E-state index contributed by atoms with van der Waals surface area (Å²) >= 11 is 0. The van der Waals surface area contributed by atoms with E-state index in [1.807, 2.05) is 0 Å². The summed E-state index contributed by atoms with van der Waals surface area (Å²) < 4.78 is 16.8. The summed E-state index contributed by atoms with van der Waals surface area (Å²) in [6.45, 7) is 11.4. The lowest BCUT2D eigenvalue weighted by molar-refractivity contribution is -0.167. The molecule has 0 aromatic carbocycles. The van der Waals surface area contributed by atoms with E-state index in [1.165, 1.54) is 205 Å². The van der Waals surface area contributed by atoms with Crippen LogP contribution in [0, 0.1) is 11.8 Å². The second-order valence-corrected chi connectivity index (χ2v) is 20.3. The first-order chi connectivity index (χ1) is 30.8. The number of carbonyl (C=O) groups is 3. The highest BCUT2D eigenvalue weighted by Gasteiger charge is 2.19. The van der Waals surface area contributed by atoms with Gasteiger partial charge >= 0.3 is 17.9 Å². The van der Waals surface area contributed by atoms with E-state index >= 15 is 0 Å². The average Bonchev–Trinajstić information content (AvgIpc) is 3.27. The van der Waals surface area contributed by atoms with E-state index in [4.69, 9.17) is 14.2 Å². The van der Waals surface area contributed by atoms with Gasteiger partial charge in [0, 0.05) is 19.3 Å². The maximum Gasteiger partial charge on any atom is 0.306 e. The predicted octanol–water partition coefficient (Wildman–Crippen LogP) is 18.5. The van der Waals surface area contributed by atoms with Crippen molar-refractivity contribution in [1.82, 2.24) is 0 Å². The van der Waals surface area contributed by atoms with E-state index in [9.17, 15) is 14.4 Å². The van der Waals surface area contributed by atoms with Gasteiger partial charge in [-0.15, -0.1) is 0 Å². The van der Waals surface area contributed by atoms with Crippen LogP contribution in [0.15, 0.2) is 0 Å². The summed E-state index contributed by atoms with van der Waals surface area (Å²) in [5, 5.41) is 0. The molecule has 0 saturated carbocycles. The molecular weight excluding hydrogens is 781 g/mol. The highest BCUT2D eigenvalue weighted by molar-refractivity contribution is 5.71. The summed E-state index contributed by atoms with van der Waals surface area (Å²) in [6.07, 6.45) is 52.4. The lowest BCUT2D eigenvalue weighted by Gasteiger charge is -2.18. The molecule has 374 valence electrons. The van der Waals surface area contributed by atoms with Gasteiger partial charge in [-0.25, -0.2) is 0 Å². The topological polar surface area (TPSA) is 78.9 Å². The number of unbranched alkanes of at least 4 members (excludes halogenated alkanes) is 35. The maximum atomic E-state index is 12.8. The number of hydrogen-bond acceptors (Lipinski definition) is 6. The van der Waals surface area contributed by atoms with Crippen LogP contribution < -0.4 is 0 Å². The number of hydrogen-bond donors (Lipinski definition) is 0. The van der Waals surface area contributed by atoms with Crippen molar-refractivity contribution in [2.45, 2.75) is 323 Å². The molecule has 0 fully saturated rings. The van der Waals surface area contributed by atoms with E-state index in [1.54, 1.807) is 0 Å². The molecule has 0 aromatic heterocycles. The summed E-state index contributed by atoms with van der Waals surface area (Å²) in [7, 11) is 0. The van der Waals surface area contributed by atoms with Gasteiger partial charge in [0.2, 0.25) is 0 Å². The molecule has 0 aliphatic rings. The van der Waals surface area contributed by atoms with Crippen molar-refractivity contribution in [3.8, 4) is 0 Å². The summed E-state index contributed by atoms with van der Waals surface area (Å²) in [6, 6.07) is 0. The number of ether oxygens (including phenoxy) is 3. The average molecular weight is 892 g/mol. The minimum Gasteiger partial charge on any atom is -0.462 e. The van der Waals surface area contributed by atoms with Crippen LogP contribution >= 0.6 is 0 Å². The first-order valence-electron chi connectivity index (χ1n) is 28.3. The van der Waals surface area contributed by atoms with E-state index in [2.05, 4.69) is 34.6 Å². The maximum absolute atomic E-state index is 12.8. The van der Waals surface area contributed by atoms with Gasteiger partial charge in [0.25, 0.3) is 0 Å². The van der Waals surface area contributed by atoms with Gasteiger partial charge in [0.15, 0.2) is 6.10 Å². The quantitative estimate of drug-likeness (QED) is 0.0344. The largest absolute Gasteiger partial charge is 0.462 e. The van der Waals surface area contributed by atoms with Crippen LogP contribution in [-0.4, -0.2) is 37.2 Å². The minimum atomic E-state index is -0.763. The summed E-state index contributed by atoms with van der Waals surface area (Å²) in [4.78, 5) is 38.0. The fourth-order valence-corrected chi connectivity index (χ4v) is 8.66. The van der Waals surface area contributed by atoms with Crippen molar-refractivity contribution in [2.75, 3.05) is 13.2 Å². The molecule has 0 bridgehead atoms. The molecule has 0 rings (SSSR count). The van der Waals surface area contributed by atoms with Gasteiger partial charge < -0.3 is 14.2 Å². The third-order valence-corrected chi connectivity index (χ3v) is 13.3. The molecule has 0 amide bonds. The van der Waals surface area contributed by atoms with Gasteiger partial charge in [-0.1, -0.05) is 279 Å². The van der Waals surface area contributed by atoms with E-state index < -0.39 is 6.10 Å². The van der Waals surface area contributed by atoms with Crippen LogP contribution in [0.5, 0.6) is 0 Å². The van der Waals surface area contributed by atoms with Crippen molar-refractivity contribution < 1.29 is 28.6 Å². The predicted molar refractivity (Wildman–Crippen MR) is 270 cm³/mol. The monoisotopic (exact) mass is 891 g/mol. The van der Waals surface area contributed by atoms with Crippen molar-refractivity contribution in [1.29, 1.82) is 0 Å². The molecule has 2 atom stereocenters. The van der Waals surface area contributed by atoms with Crippen LogP contribution in [0.25, 0.3) is 0 Å². The van der Waals surface area contributed by atoms with Gasteiger partial charge in [0.1, 0.15) is 13.2 Å². The Kier molecular flexibility index (Phi) is 48.6. The van der Waals surface area contributed by atoms with Crippen molar-refractivity contribution >= 4 is 17.9 Å². The molecule has 0 aromatic rings. The van der Waals surface area contributed by atoms with Crippen molar-refractivity contribution in [3.63, 3.8) is 0 Å². The fraction of sp³-hybridized carbons (Fsp3) is 0.947. The zero-order valence-electron chi connectivity index (χ0n) is 43.2. The molecule has 0 spiro atoms. The van der Waals surface area contributed by atoms with Crippen LogP contribution in [-0.2, 0) is 28.6 Å². The third kappa shape index (κ3) is 49.7. The molecular formula is C57H110O6. The van der Waals surface area contributed by atoms with Gasteiger partial charge in [0.05, 0.1) is 0 Å². The Morgan fingerprint density at radius 3 is 0.905 bits per heavy atom. The van der Waals surface area contributed by atoms with E-state index in [0.29, 0.717) is 19.3 Å². The first kappa shape index (κ1) is 61.4. The molecule has 6 nitrogen and oxygen atoms in total. The molecule has 1 unspecified atom stereocenters. The van der Waals surface area contributed by atoms with Crippen LogP contribution in [0.2, 0.25) is 0 Å². The Bertz CT molecular complexity index is 964. The molecule has 0 radical (unpaired) electrons. The number of esters is 3. The Morgan fingerprint density at radius 1 is 0.333 bits per heavy atom. The number of rotatable bonds is 51. The van der Waals surface area contributed by atoms with E-state index in [0.717, 1.165) is 69.6 Å². The van der Waals surface area contributed by atoms with Crippen molar-refractivity contribution in [2.24, 2.45) is 11.8 Å². The molecule has 0 aliphatic heterocycles. The molecule has 6 heteroatoms. The van der Waals surface area contributed by atoms with Crippen molar-refractivity contribution in [3.05, 3.63) is 0 Å². The highest BCUT2D eigenvalue weighted by atomic mass is 16.6. The van der Waals surface area contributed by atoms with Crippen LogP contribution in [0.3, 0.4) is 0 Å². The van der Waals surface area contributed by atoms with Gasteiger partial charge in [-0.2, -0.15) is 0 Å². The lowest BCUT2D eigenvalue weighted by atomic mass is 10.00. The fourth-order valence-electron chi connectivity index (χ4n) is 8.66. The normalized spacial score (nSPS) is 12.5. The molecule has 63 heavy (non-hydrogen) atoms. The van der Waals surface area contributed by atoms with Gasteiger partial charge in [-0.3, -0.25) is 14.4 Å². The minimum absolute atomic E-state index is 0.0639. The van der Waals surface area contributed by atoms with Gasteiger partial charge in [-0.05, 0) is 31.1 Å². The summed E-state index contributed by atoms with van der Waals surface area (Å²) in [5.74, 6) is 0.823. The van der Waals surface area contributed by atoms with E-state index in [-0.39, 0.29) is 31.1 Å². The smallest absolute Gasteiger partial charge is 0.306 e. The second-order valence-electron chi connectivity index (χ2n) is 20.3. The number of carbonyl (C=O) groups excluding carboxylic acids is 3. The Labute approximate surface area is 393 Å².